The fourth-order valence-corrected chi connectivity index (χ4v) is 3.17. The van der Waals surface area contributed by atoms with Crippen molar-refractivity contribution in [3.8, 4) is 0 Å². The molecule has 1 saturated heterocycles. The van der Waals surface area contributed by atoms with Gasteiger partial charge in [-0.1, -0.05) is 23.7 Å². The second-order valence-electron chi connectivity index (χ2n) is 6.20. The van der Waals surface area contributed by atoms with Crippen molar-refractivity contribution < 1.29 is 4.74 Å². The Morgan fingerprint density at radius 3 is 2.54 bits per heavy atom. The van der Waals surface area contributed by atoms with Crippen LogP contribution in [0.3, 0.4) is 0 Å². The molecule has 6 nitrogen and oxygen atoms in total. The molecule has 0 spiro atoms. The maximum atomic E-state index is 6.31. The molecule has 8 heteroatoms. The lowest BCUT2D eigenvalue weighted by atomic mass is 10.2. The van der Waals surface area contributed by atoms with Crippen LogP contribution in [0, 0.1) is 0 Å². The normalized spacial score (nSPS) is 15.2. The number of hydrogen-bond donors (Lipinski definition) is 1. The third-order valence-corrected chi connectivity index (χ3v) is 4.76. The van der Waals surface area contributed by atoms with E-state index in [0.717, 1.165) is 69.1 Å². The van der Waals surface area contributed by atoms with Crippen LogP contribution in [0.2, 0.25) is 5.02 Å². The Morgan fingerprint density at radius 1 is 1.23 bits per heavy atom. The minimum absolute atomic E-state index is 0. The molecule has 1 aromatic rings. The number of nitrogens with zero attached hydrogens (tertiary/aromatic N) is 4. The van der Waals surface area contributed by atoms with Crippen LogP contribution < -0.4 is 10.2 Å². The van der Waals surface area contributed by atoms with Gasteiger partial charge in [0.2, 0.25) is 0 Å². The van der Waals surface area contributed by atoms with Crippen molar-refractivity contribution in [3.63, 3.8) is 0 Å². The van der Waals surface area contributed by atoms with E-state index in [9.17, 15) is 0 Å². The van der Waals surface area contributed by atoms with Gasteiger partial charge in [-0.2, -0.15) is 0 Å². The molecule has 0 aliphatic carbocycles. The van der Waals surface area contributed by atoms with Crippen LogP contribution in [-0.2, 0) is 4.74 Å². The molecule has 0 saturated carbocycles. The van der Waals surface area contributed by atoms with Gasteiger partial charge in [0.05, 0.1) is 17.3 Å². The number of ether oxygens (including phenoxy) is 1. The summed E-state index contributed by atoms with van der Waals surface area (Å²) in [6.07, 6.45) is 0. The highest BCUT2D eigenvalue weighted by Gasteiger charge is 2.20. The first-order valence-electron chi connectivity index (χ1n) is 8.78. The van der Waals surface area contributed by atoms with Gasteiger partial charge < -0.3 is 24.8 Å². The molecule has 0 bridgehead atoms. The van der Waals surface area contributed by atoms with Crippen molar-refractivity contribution in [1.29, 1.82) is 0 Å². The summed E-state index contributed by atoms with van der Waals surface area (Å²) in [5.74, 6) is 0.971. The van der Waals surface area contributed by atoms with Crippen molar-refractivity contribution >= 4 is 47.2 Å². The first-order chi connectivity index (χ1) is 12.2. The number of rotatable bonds is 7. The van der Waals surface area contributed by atoms with E-state index in [0.29, 0.717) is 0 Å². The molecular weight excluding hydrogens is 465 g/mol. The highest BCUT2D eigenvalue weighted by molar-refractivity contribution is 14.0. The van der Waals surface area contributed by atoms with Gasteiger partial charge in [-0.25, -0.2) is 0 Å². The number of halogens is 2. The molecule has 148 valence electrons. The summed E-state index contributed by atoms with van der Waals surface area (Å²) in [5, 5.41) is 4.28. The molecule has 1 aromatic carbocycles. The Balaban J connectivity index is 0.00000338. The number of likely N-dealkylation sites (N-methyl/N-ethyl adjacent to an activating group) is 1. The highest BCUT2D eigenvalue weighted by Crippen LogP contribution is 2.25. The van der Waals surface area contributed by atoms with E-state index >= 15 is 0 Å². The largest absolute Gasteiger partial charge is 0.383 e. The molecule has 26 heavy (non-hydrogen) atoms. The number of anilines is 1. The molecule has 1 aliphatic rings. The highest BCUT2D eigenvalue weighted by atomic mass is 127. The van der Waals surface area contributed by atoms with Crippen molar-refractivity contribution in [2.75, 3.05) is 78.5 Å². The number of methoxy groups -OCH3 is 1. The third-order valence-electron chi connectivity index (χ3n) is 4.44. The first-order valence-corrected chi connectivity index (χ1v) is 9.16. The lowest BCUT2D eigenvalue weighted by Gasteiger charge is -2.38. The van der Waals surface area contributed by atoms with Crippen LogP contribution in [0.5, 0.6) is 0 Å². The van der Waals surface area contributed by atoms with Gasteiger partial charge in [0, 0.05) is 60.0 Å². The summed E-state index contributed by atoms with van der Waals surface area (Å²) in [4.78, 5) is 11.3. The topological polar surface area (TPSA) is 43.3 Å². The second kappa shape index (κ2) is 12.6. The summed E-state index contributed by atoms with van der Waals surface area (Å²) in [5.41, 5.74) is 1.12. The summed E-state index contributed by atoms with van der Waals surface area (Å²) in [6, 6.07) is 8.04. The number of aliphatic imine (C=N–C) groups is 1. The maximum Gasteiger partial charge on any atom is 0.193 e. The molecule has 1 N–H and O–H groups in total. The van der Waals surface area contributed by atoms with Gasteiger partial charge in [-0.15, -0.1) is 24.0 Å². The van der Waals surface area contributed by atoms with Crippen LogP contribution in [0.15, 0.2) is 29.3 Å². The van der Waals surface area contributed by atoms with Gasteiger partial charge in [-0.3, -0.25) is 4.99 Å². The summed E-state index contributed by atoms with van der Waals surface area (Å²) >= 11 is 6.31. The van der Waals surface area contributed by atoms with Crippen molar-refractivity contribution in [3.05, 3.63) is 29.3 Å². The van der Waals surface area contributed by atoms with Crippen LogP contribution in [0.1, 0.15) is 0 Å². The predicted molar refractivity (Wildman–Crippen MR) is 121 cm³/mol. The van der Waals surface area contributed by atoms with Crippen LogP contribution in [0.4, 0.5) is 5.69 Å². The van der Waals surface area contributed by atoms with Crippen molar-refractivity contribution in [2.24, 2.45) is 4.99 Å². The average molecular weight is 496 g/mol. The molecule has 1 fully saturated rings. The van der Waals surface area contributed by atoms with Gasteiger partial charge >= 0.3 is 0 Å². The van der Waals surface area contributed by atoms with Gasteiger partial charge in [0.1, 0.15) is 0 Å². The maximum absolute atomic E-state index is 6.31. The van der Waals surface area contributed by atoms with Gasteiger partial charge in [0.25, 0.3) is 0 Å². The Hall–Kier alpha value is -0.770. The number of guanidine groups is 1. The molecule has 0 aromatic heterocycles. The van der Waals surface area contributed by atoms with Crippen LogP contribution >= 0.6 is 35.6 Å². The average Bonchev–Trinajstić information content (AvgIpc) is 2.64. The second-order valence-corrected chi connectivity index (χ2v) is 6.60. The summed E-state index contributed by atoms with van der Waals surface area (Å²) in [7, 11) is 5.68. The fourth-order valence-electron chi connectivity index (χ4n) is 2.92. The standard InChI is InChI=1S/C18H30ClN5O.HI/c1-20-18(21-8-9-22(2)14-15-25-3)24-12-10-23(11-13-24)17-7-5-4-6-16(17)19;/h4-7H,8-15H2,1-3H3,(H,20,21);1H. The van der Waals surface area contributed by atoms with E-state index < -0.39 is 0 Å². The Labute approximate surface area is 179 Å². The zero-order valence-corrected chi connectivity index (χ0v) is 19.0. The summed E-state index contributed by atoms with van der Waals surface area (Å²) < 4.78 is 5.10. The third kappa shape index (κ3) is 7.09. The van der Waals surface area contributed by atoms with E-state index in [1.54, 1.807) is 7.11 Å². The van der Waals surface area contributed by atoms with E-state index in [-0.39, 0.29) is 24.0 Å². The fraction of sp³-hybridized carbons (Fsp3) is 0.611. The lowest BCUT2D eigenvalue weighted by molar-refractivity contribution is 0.162. The van der Waals surface area contributed by atoms with E-state index in [2.05, 4.69) is 38.1 Å². The van der Waals surface area contributed by atoms with Gasteiger partial charge in [0.15, 0.2) is 5.96 Å². The zero-order valence-electron chi connectivity index (χ0n) is 15.9. The Kier molecular flexibility index (Phi) is 11.3. The van der Waals surface area contributed by atoms with Crippen molar-refractivity contribution in [2.45, 2.75) is 0 Å². The van der Waals surface area contributed by atoms with Crippen molar-refractivity contribution in [1.82, 2.24) is 15.1 Å². The molecule has 0 unspecified atom stereocenters. The predicted octanol–water partition coefficient (Wildman–Crippen LogP) is 2.23. The zero-order chi connectivity index (χ0) is 18.1. The van der Waals surface area contributed by atoms with E-state index in [1.807, 2.05) is 25.2 Å². The minimum atomic E-state index is 0. The number of hydrogen-bond acceptors (Lipinski definition) is 4. The number of piperazine rings is 1. The smallest absolute Gasteiger partial charge is 0.193 e. The molecule has 1 aliphatic heterocycles. The molecule has 0 radical (unpaired) electrons. The lowest BCUT2D eigenvalue weighted by Crippen LogP contribution is -2.53. The Morgan fingerprint density at radius 2 is 1.92 bits per heavy atom. The van der Waals surface area contributed by atoms with E-state index in [1.165, 1.54) is 0 Å². The number of nitrogens with one attached hydrogen (secondary N) is 1. The van der Waals surface area contributed by atoms with Crippen LogP contribution in [0.25, 0.3) is 0 Å². The number of para-hydroxylation sites is 1. The first kappa shape index (κ1) is 23.3. The van der Waals surface area contributed by atoms with Crippen LogP contribution in [-0.4, -0.2) is 89.4 Å². The molecule has 0 amide bonds. The van der Waals surface area contributed by atoms with E-state index in [4.69, 9.17) is 16.3 Å². The number of benzene rings is 1. The summed E-state index contributed by atoms with van der Waals surface area (Å²) in [6.45, 7) is 7.28. The molecular formula is C18H31ClIN5O. The Bertz CT molecular complexity index is 552. The quantitative estimate of drug-likeness (QED) is 0.357. The molecule has 0 atom stereocenters. The molecule has 2 rings (SSSR count). The SMILES string of the molecule is CN=C(NCCN(C)CCOC)N1CCN(c2ccccc2Cl)CC1.I. The molecule has 1 heterocycles. The van der Waals surface area contributed by atoms with Gasteiger partial charge in [-0.05, 0) is 19.2 Å². The minimum Gasteiger partial charge on any atom is -0.383 e. The monoisotopic (exact) mass is 495 g/mol.